The lowest BCUT2D eigenvalue weighted by Crippen LogP contribution is -2.26. The summed E-state index contributed by atoms with van der Waals surface area (Å²) in [6, 6.07) is 7.13. The van der Waals surface area contributed by atoms with Crippen LogP contribution in [0.15, 0.2) is 24.3 Å². The summed E-state index contributed by atoms with van der Waals surface area (Å²) in [5, 5.41) is 12.6. The van der Waals surface area contributed by atoms with Crippen LogP contribution in [-0.4, -0.2) is 23.2 Å². The van der Waals surface area contributed by atoms with E-state index in [4.69, 9.17) is 4.74 Å². The molecule has 1 aromatic carbocycles. The maximum Gasteiger partial charge on any atom is 0.307 e. The van der Waals surface area contributed by atoms with Crippen molar-refractivity contribution < 1.29 is 14.6 Å². The number of benzene rings is 1. The number of para-hydroxylation sites is 1. The number of hydrogen-bond acceptors (Lipinski definition) is 4. The first-order valence-electron chi connectivity index (χ1n) is 6.08. The lowest BCUT2D eigenvalue weighted by molar-refractivity contribution is -0.154. The van der Waals surface area contributed by atoms with Crippen LogP contribution in [-0.2, 0) is 16.1 Å². The van der Waals surface area contributed by atoms with Crippen molar-refractivity contribution in [2.24, 2.45) is 0 Å². The van der Waals surface area contributed by atoms with Crippen molar-refractivity contribution in [3.8, 4) is 5.75 Å². The minimum atomic E-state index is -0.436. The number of ether oxygens (including phenoxy) is 1. The van der Waals surface area contributed by atoms with E-state index in [2.05, 4.69) is 5.32 Å². The molecule has 4 nitrogen and oxygen atoms in total. The Morgan fingerprint density at radius 3 is 2.61 bits per heavy atom. The first-order chi connectivity index (χ1) is 8.38. The van der Waals surface area contributed by atoms with Gasteiger partial charge in [-0.15, -0.1) is 0 Å². The van der Waals surface area contributed by atoms with Gasteiger partial charge >= 0.3 is 5.97 Å². The van der Waals surface area contributed by atoms with Gasteiger partial charge in [-0.25, -0.2) is 0 Å². The number of phenols is 1. The van der Waals surface area contributed by atoms with E-state index in [9.17, 15) is 9.90 Å². The summed E-state index contributed by atoms with van der Waals surface area (Å²) in [5.74, 6) is 0.0505. The summed E-state index contributed by atoms with van der Waals surface area (Å²) in [5.41, 5.74) is 0.385. The first-order valence-corrected chi connectivity index (χ1v) is 6.08. The fourth-order valence-electron chi connectivity index (χ4n) is 1.47. The summed E-state index contributed by atoms with van der Waals surface area (Å²) < 4.78 is 5.19. The monoisotopic (exact) mass is 251 g/mol. The molecule has 4 heteroatoms. The van der Waals surface area contributed by atoms with Gasteiger partial charge in [0.1, 0.15) is 11.4 Å². The Kier molecular flexibility index (Phi) is 5.16. The van der Waals surface area contributed by atoms with E-state index in [1.165, 1.54) is 0 Å². The van der Waals surface area contributed by atoms with E-state index >= 15 is 0 Å². The molecule has 0 aliphatic rings. The van der Waals surface area contributed by atoms with Crippen molar-refractivity contribution in [1.29, 1.82) is 0 Å². The standard InChI is InChI=1S/C14H21NO3/c1-14(2,3)18-13(17)8-9-15-10-11-6-4-5-7-12(11)16/h4-7,15-16H,8-10H2,1-3H3. The van der Waals surface area contributed by atoms with Crippen LogP contribution in [0.1, 0.15) is 32.8 Å². The highest BCUT2D eigenvalue weighted by atomic mass is 16.6. The van der Waals surface area contributed by atoms with E-state index in [-0.39, 0.29) is 11.7 Å². The summed E-state index contributed by atoms with van der Waals surface area (Å²) >= 11 is 0. The molecule has 1 aromatic rings. The third kappa shape index (κ3) is 5.68. The van der Waals surface area contributed by atoms with Crippen LogP contribution >= 0.6 is 0 Å². The van der Waals surface area contributed by atoms with Crippen LogP contribution in [0.2, 0.25) is 0 Å². The molecule has 0 aliphatic heterocycles. The van der Waals surface area contributed by atoms with Crippen molar-refractivity contribution in [2.75, 3.05) is 6.54 Å². The highest BCUT2D eigenvalue weighted by Crippen LogP contribution is 2.14. The molecule has 100 valence electrons. The third-order valence-corrected chi connectivity index (χ3v) is 2.23. The van der Waals surface area contributed by atoms with Gasteiger partial charge in [0.2, 0.25) is 0 Å². The zero-order valence-corrected chi connectivity index (χ0v) is 11.2. The number of esters is 1. The molecule has 0 atom stereocenters. The zero-order chi connectivity index (χ0) is 13.6. The SMILES string of the molecule is CC(C)(C)OC(=O)CCNCc1ccccc1O. The smallest absolute Gasteiger partial charge is 0.307 e. The van der Waals surface area contributed by atoms with Gasteiger partial charge in [-0.2, -0.15) is 0 Å². The largest absolute Gasteiger partial charge is 0.508 e. The van der Waals surface area contributed by atoms with Crippen LogP contribution in [0.3, 0.4) is 0 Å². The van der Waals surface area contributed by atoms with Crippen LogP contribution in [0.5, 0.6) is 5.75 Å². The number of carbonyl (C=O) groups excluding carboxylic acids is 1. The molecule has 0 bridgehead atoms. The number of hydrogen-bond donors (Lipinski definition) is 2. The number of phenolic OH excluding ortho intramolecular Hbond substituents is 1. The molecular formula is C14H21NO3. The predicted octanol–water partition coefficient (Wildman–Crippen LogP) is 2.21. The average Bonchev–Trinajstić information content (AvgIpc) is 2.24. The Morgan fingerprint density at radius 1 is 1.33 bits per heavy atom. The zero-order valence-electron chi connectivity index (χ0n) is 11.2. The highest BCUT2D eigenvalue weighted by molar-refractivity contribution is 5.70. The molecule has 0 aromatic heterocycles. The summed E-state index contributed by atoms with van der Waals surface area (Å²) in [6.07, 6.45) is 0.324. The molecule has 0 saturated heterocycles. The molecule has 0 amide bonds. The molecule has 0 spiro atoms. The lowest BCUT2D eigenvalue weighted by Gasteiger charge is -2.19. The second-order valence-corrected chi connectivity index (χ2v) is 5.14. The van der Waals surface area contributed by atoms with Gasteiger partial charge in [-0.3, -0.25) is 4.79 Å². The second-order valence-electron chi connectivity index (χ2n) is 5.14. The van der Waals surface area contributed by atoms with Crippen LogP contribution < -0.4 is 5.32 Å². The Hall–Kier alpha value is -1.55. The van der Waals surface area contributed by atoms with E-state index < -0.39 is 5.60 Å². The quantitative estimate of drug-likeness (QED) is 0.622. The summed E-state index contributed by atoms with van der Waals surface area (Å²) in [6.45, 7) is 6.61. The third-order valence-electron chi connectivity index (χ3n) is 2.23. The van der Waals surface area contributed by atoms with E-state index in [1.54, 1.807) is 12.1 Å². The van der Waals surface area contributed by atoms with E-state index in [1.807, 2.05) is 32.9 Å². The van der Waals surface area contributed by atoms with Gasteiger partial charge in [-0.1, -0.05) is 18.2 Å². The second kappa shape index (κ2) is 6.40. The fourth-order valence-corrected chi connectivity index (χ4v) is 1.47. The van der Waals surface area contributed by atoms with Crippen LogP contribution in [0, 0.1) is 0 Å². The molecule has 0 fully saturated rings. The molecule has 2 N–H and O–H groups in total. The van der Waals surface area contributed by atoms with E-state index in [0.29, 0.717) is 19.5 Å². The van der Waals surface area contributed by atoms with Gasteiger partial charge in [0.05, 0.1) is 6.42 Å². The summed E-state index contributed by atoms with van der Waals surface area (Å²) in [7, 11) is 0. The van der Waals surface area contributed by atoms with Crippen LogP contribution in [0.25, 0.3) is 0 Å². The molecule has 0 heterocycles. The Labute approximate surface area is 108 Å². The fraction of sp³-hybridized carbons (Fsp3) is 0.500. The van der Waals surface area contributed by atoms with Crippen molar-refractivity contribution in [1.82, 2.24) is 5.32 Å². The number of carbonyl (C=O) groups is 1. The molecular weight excluding hydrogens is 230 g/mol. The molecule has 1 rings (SSSR count). The molecule has 18 heavy (non-hydrogen) atoms. The average molecular weight is 251 g/mol. The number of rotatable bonds is 5. The molecule has 0 aliphatic carbocycles. The minimum absolute atomic E-state index is 0.215. The maximum absolute atomic E-state index is 11.4. The highest BCUT2D eigenvalue weighted by Gasteiger charge is 2.15. The van der Waals surface area contributed by atoms with Crippen molar-refractivity contribution in [3.05, 3.63) is 29.8 Å². The Balaban J connectivity index is 2.23. The molecule has 0 unspecified atom stereocenters. The lowest BCUT2D eigenvalue weighted by atomic mass is 10.2. The van der Waals surface area contributed by atoms with Crippen LogP contribution in [0.4, 0.5) is 0 Å². The van der Waals surface area contributed by atoms with Gasteiger partial charge < -0.3 is 15.2 Å². The number of aromatic hydroxyl groups is 1. The Bertz CT molecular complexity index is 396. The number of nitrogens with one attached hydrogen (secondary N) is 1. The van der Waals surface area contributed by atoms with Gasteiger partial charge in [-0.05, 0) is 26.8 Å². The predicted molar refractivity (Wildman–Crippen MR) is 70.3 cm³/mol. The van der Waals surface area contributed by atoms with Gasteiger partial charge in [0, 0.05) is 18.7 Å². The Morgan fingerprint density at radius 2 is 2.00 bits per heavy atom. The normalized spacial score (nSPS) is 11.3. The maximum atomic E-state index is 11.4. The topological polar surface area (TPSA) is 58.6 Å². The van der Waals surface area contributed by atoms with Crippen molar-refractivity contribution in [2.45, 2.75) is 39.3 Å². The first kappa shape index (κ1) is 14.5. The van der Waals surface area contributed by atoms with Gasteiger partial charge in [0.15, 0.2) is 0 Å². The molecule has 0 saturated carbocycles. The van der Waals surface area contributed by atoms with Crippen molar-refractivity contribution in [3.63, 3.8) is 0 Å². The summed E-state index contributed by atoms with van der Waals surface area (Å²) in [4.78, 5) is 11.4. The minimum Gasteiger partial charge on any atom is -0.508 e. The van der Waals surface area contributed by atoms with E-state index in [0.717, 1.165) is 5.56 Å². The van der Waals surface area contributed by atoms with Gasteiger partial charge in [0.25, 0.3) is 0 Å². The van der Waals surface area contributed by atoms with Crippen molar-refractivity contribution >= 4 is 5.97 Å². The molecule has 0 radical (unpaired) electrons.